The van der Waals surface area contributed by atoms with E-state index >= 15 is 0 Å². The highest BCUT2D eigenvalue weighted by atomic mass is 16.5. The van der Waals surface area contributed by atoms with Crippen molar-refractivity contribution in [2.75, 3.05) is 20.7 Å². The predicted molar refractivity (Wildman–Crippen MR) is 95.5 cm³/mol. The van der Waals surface area contributed by atoms with Crippen molar-refractivity contribution in [3.05, 3.63) is 29.8 Å². The van der Waals surface area contributed by atoms with Crippen LogP contribution in [0.4, 0.5) is 0 Å². The minimum Gasteiger partial charge on any atom is -0.497 e. The van der Waals surface area contributed by atoms with Crippen molar-refractivity contribution in [2.24, 2.45) is 5.92 Å². The van der Waals surface area contributed by atoms with Gasteiger partial charge in [0.1, 0.15) is 11.8 Å². The van der Waals surface area contributed by atoms with E-state index in [9.17, 15) is 10.2 Å². The molecule has 2 bridgehead atoms. The summed E-state index contributed by atoms with van der Waals surface area (Å²) in [6.07, 6.45) is 4.02. The van der Waals surface area contributed by atoms with Gasteiger partial charge >= 0.3 is 0 Å². The first-order chi connectivity index (χ1) is 12.1. The number of likely N-dealkylation sites (N-methyl/N-ethyl adjacent to an activating group) is 1. The molecule has 0 unspecified atom stereocenters. The van der Waals surface area contributed by atoms with Gasteiger partial charge in [0.25, 0.3) is 0 Å². The zero-order valence-corrected chi connectivity index (χ0v) is 15.3. The normalized spacial score (nSPS) is 40.7. The average Bonchev–Trinajstić information content (AvgIpc) is 3.00. The third-order valence-corrected chi connectivity index (χ3v) is 7.01. The number of piperidine rings is 1. The van der Waals surface area contributed by atoms with Crippen LogP contribution in [0.3, 0.4) is 0 Å². The molecule has 138 valence electrons. The number of methoxy groups -OCH3 is 1. The van der Waals surface area contributed by atoms with Crippen molar-refractivity contribution in [3.8, 4) is 5.75 Å². The fraction of sp³-hybridized carbons (Fsp3) is 0.700. The van der Waals surface area contributed by atoms with E-state index in [2.05, 4.69) is 29.4 Å². The fourth-order valence-corrected chi connectivity index (χ4v) is 5.63. The van der Waals surface area contributed by atoms with Crippen LogP contribution in [0.15, 0.2) is 24.3 Å². The number of quaternary nitrogens is 1. The number of ether oxygens (including phenoxy) is 1. The standard InChI is InChI=1S/C20H30N2O3/c1-21-14-10-20-8-7-18(23)16(11-20)19(24)17(22(20)12-14)9-13-3-5-15(25-2)6-4-13/h3-6,14,16-19,21,23-24H,7-12H2,1-2H3/p+1/t14-,16-,17-,18-,19-,20+/m0/s1. The number of hydrogen-bond donors (Lipinski definition) is 3. The fourth-order valence-electron chi connectivity index (χ4n) is 5.63. The maximum atomic E-state index is 11.1. The molecule has 0 amide bonds. The van der Waals surface area contributed by atoms with E-state index in [1.807, 2.05) is 12.1 Å². The lowest BCUT2D eigenvalue weighted by Gasteiger charge is -2.56. The number of nitrogens with two attached hydrogens (primary N) is 1. The Morgan fingerprint density at radius 1 is 1.24 bits per heavy atom. The second-order valence-corrected chi connectivity index (χ2v) is 8.26. The number of rotatable bonds is 4. The molecule has 4 N–H and O–H groups in total. The lowest BCUT2D eigenvalue weighted by molar-refractivity contribution is -0.660. The van der Waals surface area contributed by atoms with Crippen LogP contribution in [0.1, 0.15) is 31.2 Å². The highest BCUT2D eigenvalue weighted by Gasteiger charge is 2.59. The van der Waals surface area contributed by atoms with Gasteiger partial charge in [-0.3, -0.25) is 4.90 Å². The van der Waals surface area contributed by atoms with Crippen molar-refractivity contribution < 1.29 is 20.3 Å². The van der Waals surface area contributed by atoms with Crippen molar-refractivity contribution in [2.45, 2.75) is 61.9 Å². The second kappa shape index (κ2) is 6.54. The maximum absolute atomic E-state index is 11.1. The molecule has 4 rings (SSSR count). The smallest absolute Gasteiger partial charge is 0.118 e. The van der Waals surface area contributed by atoms with Gasteiger partial charge in [0.15, 0.2) is 0 Å². The molecule has 5 nitrogen and oxygen atoms in total. The molecular weight excluding hydrogens is 316 g/mol. The van der Waals surface area contributed by atoms with E-state index in [0.29, 0.717) is 6.04 Å². The van der Waals surface area contributed by atoms with E-state index < -0.39 is 6.10 Å². The van der Waals surface area contributed by atoms with Crippen LogP contribution in [-0.4, -0.2) is 65.6 Å². The summed E-state index contributed by atoms with van der Waals surface area (Å²) in [6, 6.07) is 8.86. The average molecular weight is 347 g/mol. The lowest BCUT2D eigenvalue weighted by atomic mass is 9.65. The Hall–Kier alpha value is -1.14. The highest BCUT2D eigenvalue weighted by molar-refractivity contribution is 5.28. The molecule has 25 heavy (non-hydrogen) atoms. The second-order valence-electron chi connectivity index (χ2n) is 8.26. The van der Waals surface area contributed by atoms with Gasteiger partial charge in [-0.05, 0) is 43.4 Å². The van der Waals surface area contributed by atoms with Crippen molar-refractivity contribution in [1.29, 1.82) is 0 Å². The molecule has 6 atom stereocenters. The Morgan fingerprint density at radius 2 is 2.00 bits per heavy atom. The number of hydrogen-bond acceptors (Lipinski definition) is 4. The van der Waals surface area contributed by atoms with E-state index in [1.165, 1.54) is 12.0 Å². The van der Waals surface area contributed by atoms with Crippen LogP contribution in [0, 0.1) is 5.92 Å². The lowest BCUT2D eigenvalue weighted by Crippen LogP contribution is -2.86. The molecule has 1 aromatic rings. The van der Waals surface area contributed by atoms with Crippen LogP contribution in [-0.2, 0) is 6.42 Å². The Labute approximate surface area is 150 Å². The van der Waals surface area contributed by atoms with Gasteiger partial charge in [-0.2, -0.15) is 0 Å². The molecule has 1 aliphatic carbocycles. The first kappa shape index (κ1) is 17.3. The van der Waals surface area contributed by atoms with E-state index in [-0.39, 0.29) is 23.6 Å². The summed E-state index contributed by atoms with van der Waals surface area (Å²) >= 11 is 0. The zero-order chi connectivity index (χ0) is 17.6. The largest absolute Gasteiger partial charge is 0.497 e. The third-order valence-electron chi connectivity index (χ3n) is 7.01. The van der Waals surface area contributed by atoms with Gasteiger partial charge in [0.2, 0.25) is 0 Å². The molecule has 0 aromatic heterocycles. The van der Waals surface area contributed by atoms with Gasteiger partial charge in [0, 0.05) is 23.9 Å². The number of benzene rings is 1. The summed E-state index contributed by atoms with van der Waals surface area (Å²) < 4.78 is 5.25. The minimum atomic E-state index is -0.457. The first-order valence-electron chi connectivity index (χ1n) is 9.61. The first-order valence-corrected chi connectivity index (χ1v) is 9.61. The van der Waals surface area contributed by atoms with E-state index in [0.717, 1.165) is 38.0 Å². The number of fused-ring (bicyclic) bond motifs is 1. The Bertz CT molecular complexity index is 607. The van der Waals surface area contributed by atoms with Crippen molar-refractivity contribution >= 4 is 0 Å². The van der Waals surface area contributed by atoms with Crippen LogP contribution >= 0.6 is 0 Å². The Balaban J connectivity index is 1.62. The molecule has 2 heterocycles. The van der Waals surface area contributed by atoms with Gasteiger partial charge in [0.05, 0.1) is 32.9 Å². The molecule has 1 saturated carbocycles. The van der Waals surface area contributed by atoms with E-state index in [4.69, 9.17) is 4.74 Å². The minimum absolute atomic E-state index is 0.0175. The molecule has 3 fully saturated rings. The highest BCUT2D eigenvalue weighted by Crippen LogP contribution is 2.50. The summed E-state index contributed by atoms with van der Waals surface area (Å²) in [5.41, 5.74) is 1.40. The van der Waals surface area contributed by atoms with Crippen LogP contribution in [0.5, 0.6) is 5.75 Å². The number of aliphatic hydroxyl groups is 2. The molecule has 5 heteroatoms. The molecule has 0 radical (unpaired) electrons. The maximum Gasteiger partial charge on any atom is 0.118 e. The Morgan fingerprint density at radius 3 is 2.68 bits per heavy atom. The van der Waals surface area contributed by atoms with Gasteiger partial charge in [-0.15, -0.1) is 0 Å². The molecule has 3 aliphatic rings. The summed E-state index contributed by atoms with van der Waals surface area (Å²) in [5, 5.41) is 23.9. The van der Waals surface area contributed by atoms with Gasteiger partial charge < -0.3 is 20.3 Å². The molecule has 1 aromatic carbocycles. The van der Waals surface area contributed by atoms with Gasteiger partial charge in [-0.1, -0.05) is 12.1 Å². The van der Waals surface area contributed by atoms with Crippen molar-refractivity contribution in [1.82, 2.24) is 4.90 Å². The zero-order valence-electron chi connectivity index (χ0n) is 15.3. The third kappa shape index (κ3) is 2.87. The van der Waals surface area contributed by atoms with E-state index in [1.54, 1.807) is 7.11 Å². The summed E-state index contributed by atoms with van der Waals surface area (Å²) in [6.45, 7) is 1.04. The molecule has 2 aliphatic heterocycles. The summed E-state index contributed by atoms with van der Waals surface area (Å²) in [4.78, 5) is 2.59. The summed E-state index contributed by atoms with van der Waals surface area (Å²) in [5.74, 6) is 0.877. The van der Waals surface area contributed by atoms with Crippen LogP contribution < -0.4 is 10.1 Å². The SMILES string of the molecule is C[NH2+][C@@H]1CN2[C@@H](Cc3ccc(OC)cc3)[C@@H](O)[C@H]3C[C@@]2(CC[C@@H]3O)C1. The Kier molecular flexibility index (Phi) is 4.52. The van der Waals surface area contributed by atoms with Crippen molar-refractivity contribution in [3.63, 3.8) is 0 Å². The molecule has 2 saturated heterocycles. The number of aliphatic hydroxyl groups excluding tert-OH is 2. The predicted octanol–water partition coefficient (Wildman–Crippen LogP) is 0.148. The monoisotopic (exact) mass is 347 g/mol. The summed E-state index contributed by atoms with van der Waals surface area (Å²) in [7, 11) is 3.83. The van der Waals surface area contributed by atoms with Crippen LogP contribution in [0.25, 0.3) is 0 Å². The quantitative estimate of drug-likeness (QED) is 0.725. The number of nitrogens with zero attached hydrogens (tertiary/aromatic N) is 1. The van der Waals surface area contributed by atoms with Gasteiger partial charge in [-0.25, -0.2) is 0 Å². The van der Waals surface area contributed by atoms with Crippen LogP contribution in [0.2, 0.25) is 0 Å². The molecular formula is C20H31N2O3+. The topological polar surface area (TPSA) is 69.5 Å². The molecule has 1 spiro atoms.